The minimum atomic E-state index is 0.247. The quantitative estimate of drug-likeness (QED) is 0.731. The first-order valence-electron chi connectivity index (χ1n) is 4.81. The molecule has 1 atom stereocenters. The van der Waals surface area contributed by atoms with Crippen LogP contribution in [-0.4, -0.2) is 43.9 Å². The highest BCUT2D eigenvalue weighted by Gasteiger charge is 2.08. The van der Waals surface area contributed by atoms with Crippen molar-refractivity contribution < 1.29 is 9.47 Å². The van der Waals surface area contributed by atoms with Gasteiger partial charge in [-0.05, 0) is 7.05 Å². The lowest BCUT2D eigenvalue weighted by Crippen LogP contribution is -2.32. The highest BCUT2D eigenvalue weighted by atomic mass is 16.5. The van der Waals surface area contributed by atoms with Gasteiger partial charge in [-0.2, -0.15) is 0 Å². The second-order valence-electron chi connectivity index (χ2n) is 3.20. The van der Waals surface area contributed by atoms with Gasteiger partial charge in [-0.1, -0.05) is 0 Å². The summed E-state index contributed by atoms with van der Waals surface area (Å²) < 4.78 is 10.1. The molecule has 5 nitrogen and oxygen atoms in total. The normalized spacial score (nSPS) is 12.5. The van der Waals surface area contributed by atoms with E-state index >= 15 is 0 Å². The topological polar surface area (TPSA) is 56.3 Å². The van der Waals surface area contributed by atoms with Crippen molar-refractivity contribution in [1.82, 2.24) is 15.3 Å². The number of likely N-dealkylation sites (N-methyl/N-ethyl adjacent to an activating group) is 1. The van der Waals surface area contributed by atoms with E-state index in [0.29, 0.717) is 12.5 Å². The highest BCUT2D eigenvalue weighted by Crippen LogP contribution is 2.06. The predicted molar refractivity (Wildman–Crippen MR) is 57.0 cm³/mol. The van der Waals surface area contributed by atoms with Crippen LogP contribution in [0.3, 0.4) is 0 Å². The molecule has 0 radical (unpaired) electrons. The summed E-state index contributed by atoms with van der Waals surface area (Å²) in [7, 11) is 5.16. The van der Waals surface area contributed by atoms with Crippen molar-refractivity contribution in [1.29, 1.82) is 0 Å². The number of rotatable bonds is 6. The van der Waals surface area contributed by atoms with Crippen molar-refractivity contribution in [2.45, 2.75) is 12.5 Å². The van der Waals surface area contributed by atoms with E-state index in [4.69, 9.17) is 9.47 Å². The molecule has 1 rings (SSSR count). The first-order valence-corrected chi connectivity index (χ1v) is 4.81. The zero-order valence-electron chi connectivity index (χ0n) is 9.36. The average Bonchev–Trinajstić information content (AvgIpc) is 2.29. The number of hydrogen-bond acceptors (Lipinski definition) is 5. The van der Waals surface area contributed by atoms with E-state index in [1.54, 1.807) is 26.6 Å². The van der Waals surface area contributed by atoms with Crippen LogP contribution in [0.1, 0.15) is 5.69 Å². The lowest BCUT2D eigenvalue weighted by Gasteiger charge is -2.14. The monoisotopic (exact) mass is 211 g/mol. The fraction of sp³-hybridized carbons (Fsp3) is 0.600. The fourth-order valence-corrected chi connectivity index (χ4v) is 1.28. The fourth-order valence-electron chi connectivity index (χ4n) is 1.28. The summed E-state index contributed by atoms with van der Waals surface area (Å²) >= 11 is 0. The molecule has 5 heteroatoms. The van der Waals surface area contributed by atoms with Gasteiger partial charge in [-0.25, -0.2) is 4.98 Å². The molecule has 0 aliphatic carbocycles. The number of nitrogens with zero attached hydrogens (tertiary/aromatic N) is 2. The van der Waals surface area contributed by atoms with Gasteiger partial charge in [-0.3, -0.25) is 4.98 Å². The number of nitrogens with one attached hydrogen (secondary N) is 1. The van der Waals surface area contributed by atoms with Crippen LogP contribution in [0.2, 0.25) is 0 Å². The van der Waals surface area contributed by atoms with Gasteiger partial charge in [-0.15, -0.1) is 0 Å². The lowest BCUT2D eigenvalue weighted by atomic mass is 10.2. The molecule has 0 aliphatic heterocycles. The molecule has 0 spiro atoms. The van der Waals surface area contributed by atoms with Crippen molar-refractivity contribution in [3.8, 4) is 5.88 Å². The van der Waals surface area contributed by atoms with Crippen LogP contribution in [0.15, 0.2) is 12.4 Å². The van der Waals surface area contributed by atoms with Crippen LogP contribution in [0.4, 0.5) is 0 Å². The highest BCUT2D eigenvalue weighted by molar-refractivity contribution is 5.09. The maximum atomic E-state index is 5.08. The Bertz CT molecular complexity index is 294. The van der Waals surface area contributed by atoms with Crippen molar-refractivity contribution >= 4 is 0 Å². The number of hydrogen-bond donors (Lipinski definition) is 1. The maximum Gasteiger partial charge on any atom is 0.232 e. The van der Waals surface area contributed by atoms with Gasteiger partial charge in [0.1, 0.15) is 0 Å². The summed E-state index contributed by atoms with van der Waals surface area (Å²) in [6.45, 7) is 0.648. The lowest BCUT2D eigenvalue weighted by molar-refractivity contribution is 0.169. The van der Waals surface area contributed by atoms with E-state index in [0.717, 1.165) is 12.1 Å². The molecule has 0 aromatic carbocycles. The van der Waals surface area contributed by atoms with Crippen molar-refractivity contribution in [3.05, 3.63) is 18.1 Å². The van der Waals surface area contributed by atoms with Gasteiger partial charge in [0.15, 0.2) is 0 Å². The van der Waals surface area contributed by atoms with Crippen molar-refractivity contribution in [2.75, 3.05) is 27.9 Å². The minimum absolute atomic E-state index is 0.247. The van der Waals surface area contributed by atoms with Gasteiger partial charge in [0.05, 0.1) is 25.6 Å². The van der Waals surface area contributed by atoms with Gasteiger partial charge in [0.2, 0.25) is 5.88 Å². The summed E-state index contributed by atoms with van der Waals surface area (Å²) in [5.74, 6) is 0.541. The van der Waals surface area contributed by atoms with E-state index in [1.807, 2.05) is 7.05 Å². The van der Waals surface area contributed by atoms with E-state index in [2.05, 4.69) is 15.3 Å². The Morgan fingerprint density at radius 3 is 2.80 bits per heavy atom. The van der Waals surface area contributed by atoms with Crippen LogP contribution in [0.5, 0.6) is 5.88 Å². The van der Waals surface area contributed by atoms with Gasteiger partial charge < -0.3 is 14.8 Å². The van der Waals surface area contributed by atoms with Gasteiger partial charge in [0, 0.05) is 25.8 Å². The third-order valence-electron chi connectivity index (χ3n) is 2.10. The molecular formula is C10H17N3O2. The Labute approximate surface area is 89.8 Å². The predicted octanol–water partition coefficient (Wildman–Crippen LogP) is 0.262. The largest absolute Gasteiger partial charge is 0.480 e. The molecule has 0 aliphatic rings. The summed E-state index contributed by atoms with van der Waals surface area (Å²) in [5.41, 5.74) is 0.894. The Kier molecular flexibility index (Phi) is 5.00. The molecule has 1 heterocycles. The Morgan fingerprint density at radius 2 is 2.20 bits per heavy atom. The zero-order valence-corrected chi connectivity index (χ0v) is 9.36. The molecule has 1 unspecified atom stereocenters. The summed E-state index contributed by atoms with van der Waals surface area (Å²) in [6.07, 6.45) is 4.10. The summed E-state index contributed by atoms with van der Waals surface area (Å²) in [4.78, 5) is 8.33. The van der Waals surface area contributed by atoms with Gasteiger partial charge in [0.25, 0.3) is 0 Å². The minimum Gasteiger partial charge on any atom is -0.480 e. The zero-order chi connectivity index (χ0) is 11.1. The van der Waals surface area contributed by atoms with Crippen molar-refractivity contribution in [2.24, 2.45) is 0 Å². The Hall–Kier alpha value is -1.20. The summed E-state index contributed by atoms with van der Waals surface area (Å²) in [6, 6.07) is 0.247. The van der Waals surface area contributed by atoms with Crippen LogP contribution in [-0.2, 0) is 11.2 Å². The van der Waals surface area contributed by atoms with E-state index in [-0.39, 0.29) is 6.04 Å². The van der Waals surface area contributed by atoms with Crippen LogP contribution >= 0.6 is 0 Å². The van der Waals surface area contributed by atoms with Crippen LogP contribution in [0, 0.1) is 0 Å². The van der Waals surface area contributed by atoms with E-state index < -0.39 is 0 Å². The molecule has 0 saturated heterocycles. The van der Waals surface area contributed by atoms with Gasteiger partial charge >= 0.3 is 0 Å². The SMILES string of the molecule is CNC(COC)Cc1cncc(OC)n1. The molecule has 0 fully saturated rings. The Morgan fingerprint density at radius 1 is 1.40 bits per heavy atom. The maximum absolute atomic E-state index is 5.08. The molecule has 0 saturated carbocycles. The second kappa shape index (κ2) is 6.31. The second-order valence-corrected chi connectivity index (χ2v) is 3.20. The number of aromatic nitrogens is 2. The molecule has 0 bridgehead atoms. The van der Waals surface area contributed by atoms with E-state index in [1.165, 1.54) is 0 Å². The first kappa shape index (κ1) is 11.9. The molecule has 15 heavy (non-hydrogen) atoms. The molecule has 0 amide bonds. The Balaban J connectivity index is 2.61. The molecule has 84 valence electrons. The third kappa shape index (κ3) is 3.81. The summed E-state index contributed by atoms with van der Waals surface area (Å²) in [5, 5.41) is 3.16. The average molecular weight is 211 g/mol. The standard InChI is InChI=1S/C10H17N3O2/c1-11-9(7-14-2)4-8-5-12-6-10(13-8)15-3/h5-6,9,11H,4,7H2,1-3H3. The van der Waals surface area contributed by atoms with Crippen LogP contribution < -0.4 is 10.1 Å². The molecular weight excluding hydrogens is 194 g/mol. The van der Waals surface area contributed by atoms with Crippen LogP contribution in [0.25, 0.3) is 0 Å². The third-order valence-corrected chi connectivity index (χ3v) is 2.10. The number of methoxy groups -OCH3 is 2. The molecule has 1 N–H and O–H groups in total. The van der Waals surface area contributed by atoms with Crippen molar-refractivity contribution in [3.63, 3.8) is 0 Å². The van der Waals surface area contributed by atoms with E-state index in [9.17, 15) is 0 Å². The smallest absolute Gasteiger partial charge is 0.232 e. The first-order chi connectivity index (χ1) is 7.30. The number of ether oxygens (including phenoxy) is 2. The molecule has 1 aromatic heterocycles. The molecule has 1 aromatic rings.